The van der Waals surface area contributed by atoms with Gasteiger partial charge in [0.05, 0.1) is 23.0 Å². The van der Waals surface area contributed by atoms with E-state index in [4.69, 9.17) is 14.2 Å². The third kappa shape index (κ3) is 2.24. The zero-order valence-corrected chi connectivity index (χ0v) is 13.5. The molecule has 2 aliphatic heterocycles. The molecule has 8 heteroatoms. The van der Waals surface area contributed by atoms with Gasteiger partial charge in [0.25, 0.3) is 0 Å². The fourth-order valence-corrected chi connectivity index (χ4v) is 3.32. The van der Waals surface area contributed by atoms with Crippen LogP contribution in [0.15, 0.2) is 0 Å². The summed E-state index contributed by atoms with van der Waals surface area (Å²) < 4.78 is 22.7. The molecule has 0 radical (unpaired) electrons. The number of H-pyrrole nitrogens is 1. The molecule has 0 saturated carbocycles. The number of carbonyl (C=O) groups is 1. The number of nitrogens with zero attached hydrogens (tertiary/aromatic N) is 1. The number of aromatic amines is 1. The fourth-order valence-electron chi connectivity index (χ4n) is 2.55. The van der Waals surface area contributed by atoms with Crippen LogP contribution in [0.4, 0.5) is 0 Å². The van der Waals surface area contributed by atoms with Crippen molar-refractivity contribution in [2.24, 2.45) is 0 Å². The van der Waals surface area contributed by atoms with E-state index < -0.39 is 11.8 Å². The molecule has 20 heavy (non-hydrogen) atoms. The van der Waals surface area contributed by atoms with Crippen LogP contribution in [-0.4, -0.2) is 47.9 Å². The summed E-state index contributed by atoms with van der Waals surface area (Å²) in [6.07, 6.45) is -0.625. The van der Waals surface area contributed by atoms with Crippen LogP contribution in [0.3, 0.4) is 0 Å². The molecule has 0 spiro atoms. The van der Waals surface area contributed by atoms with Gasteiger partial charge in [0, 0.05) is 0 Å². The summed E-state index contributed by atoms with van der Waals surface area (Å²) in [6, 6.07) is 0. The molecule has 2 aliphatic rings. The SMILES string of the molecule is COC(=O)c1n[nH]c(C2OCC3OC(C)(C)OC32)c1I. The molecule has 7 nitrogen and oxygen atoms in total. The molecule has 3 rings (SSSR count). The summed E-state index contributed by atoms with van der Waals surface area (Å²) >= 11 is 2.06. The molecule has 3 unspecified atom stereocenters. The summed E-state index contributed by atoms with van der Waals surface area (Å²) in [4.78, 5) is 11.6. The molecular weight excluding hydrogens is 379 g/mol. The molecule has 2 fully saturated rings. The number of hydrogen-bond acceptors (Lipinski definition) is 6. The largest absolute Gasteiger partial charge is 0.464 e. The second-order valence-corrected chi connectivity index (χ2v) is 6.26. The van der Waals surface area contributed by atoms with Crippen LogP contribution < -0.4 is 0 Å². The van der Waals surface area contributed by atoms with E-state index >= 15 is 0 Å². The van der Waals surface area contributed by atoms with Crippen molar-refractivity contribution < 1.29 is 23.7 Å². The molecule has 110 valence electrons. The van der Waals surface area contributed by atoms with Crippen molar-refractivity contribution in [1.29, 1.82) is 0 Å². The van der Waals surface area contributed by atoms with Gasteiger partial charge in [-0.3, -0.25) is 5.10 Å². The van der Waals surface area contributed by atoms with Gasteiger partial charge in [-0.25, -0.2) is 4.79 Å². The topological polar surface area (TPSA) is 82.7 Å². The van der Waals surface area contributed by atoms with Gasteiger partial charge in [-0.05, 0) is 36.4 Å². The van der Waals surface area contributed by atoms with E-state index in [0.29, 0.717) is 10.2 Å². The molecule has 0 aromatic carbocycles. The fraction of sp³-hybridized carbons (Fsp3) is 0.667. The normalized spacial score (nSPS) is 31.3. The first-order valence-electron chi connectivity index (χ1n) is 6.22. The highest BCUT2D eigenvalue weighted by molar-refractivity contribution is 14.1. The second kappa shape index (κ2) is 4.93. The summed E-state index contributed by atoms with van der Waals surface area (Å²) in [6.45, 7) is 4.21. The maximum absolute atomic E-state index is 11.6. The van der Waals surface area contributed by atoms with Crippen LogP contribution in [0.25, 0.3) is 0 Å². The summed E-state index contributed by atoms with van der Waals surface area (Å²) in [7, 11) is 1.32. The lowest BCUT2D eigenvalue weighted by Crippen LogP contribution is -2.25. The first kappa shape index (κ1) is 14.2. The minimum absolute atomic E-state index is 0.101. The van der Waals surface area contributed by atoms with Gasteiger partial charge >= 0.3 is 5.97 Å². The molecule has 0 aliphatic carbocycles. The zero-order valence-electron chi connectivity index (χ0n) is 11.3. The first-order chi connectivity index (χ1) is 9.43. The Morgan fingerprint density at radius 2 is 2.25 bits per heavy atom. The molecule has 3 heterocycles. The van der Waals surface area contributed by atoms with Gasteiger partial charge in [0.15, 0.2) is 11.5 Å². The quantitative estimate of drug-likeness (QED) is 0.603. The smallest absolute Gasteiger partial charge is 0.359 e. The predicted octanol–water partition coefficient (Wildman–Crippen LogP) is 1.39. The number of ether oxygens (including phenoxy) is 4. The van der Waals surface area contributed by atoms with Crippen LogP contribution >= 0.6 is 22.6 Å². The number of carbonyl (C=O) groups excluding carboxylic acids is 1. The highest BCUT2D eigenvalue weighted by Gasteiger charge is 2.51. The maximum Gasteiger partial charge on any atom is 0.359 e. The predicted molar refractivity (Wildman–Crippen MR) is 75.2 cm³/mol. The number of nitrogens with one attached hydrogen (secondary N) is 1. The second-order valence-electron chi connectivity index (χ2n) is 5.18. The Morgan fingerprint density at radius 1 is 1.50 bits per heavy atom. The molecule has 3 atom stereocenters. The number of hydrogen-bond donors (Lipinski definition) is 1. The highest BCUT2D eigenvalue weighted by Crippen LogP contribution is 2.42. The van der Waals surface area contributed by atoms with Gasteiger partial charge in [0.1, 0.15) is 18.3 Å². The van der Waals surface area contributed by atoms with Crippen molar-refractivity contribution in [2.75, 3.05) is 13.7 Å². The number of esters is 1. The average Bonchev–Trinajstić information content (AvgIpc) is 3.00. The van der Waals surface area contributed by atoms with Gasteiger partial charge in [0.2, 0.25) is 0 Å². The van der Waals surface area contributed by atoms with Crippen LogP contribution in [-0.2, 0) is 18.9 Å². The van der Waals surface area contributed by atoms with Crippen molar-refractivity contribution in [3.05, 3.63) is 15.0 Å². The molecule has 2 saturated heterocycles. The zero-order chi connectivity index (χ0) is 14.5. The van der Waals surface area contributed by atoms with Crippen LogP contribution in [0.2, 0.25) is 0 Å². The van der Waals surface area contributed by atoms with E-state index in [9.17, 15) is 4.79 Å². The third-order valence-electron chi connectivity index (χ3n) is 3.36. The Morgan fingerprint density at radius 3 is 2.95 bits per heavy atom. The molecular formula is C12H15IN2O5. The standard InChI is InChI=1S/C12H15IN2O5/c1-12(2)19-5-4-18-10(9(5)20-12)7-6(13)8(15-14-7)11(16)17-3/h5,9-10H,4H2,1-3H3,(H,14,15). The van der Waals surface area contributed by atoms with E-state index in [-0.39, 0.29) is 24.0 Å². The maximum atomic E-state index is 11.6. The molecule has 0 bridgehead atoms. The molecule has 1 aromatic rings. The lowest BCUT2D eigenvalue weighted by molar-refractivity contribution is -0.176. The van der Waals surface area contributed by atoms with E-state index in [0.717, 1.165) is 5.69 Å². The first-order valence-corrected chi connectivity index (χ1v) is 7.30. The molecule has 1 N–H and O–H groups in total. The van der Waals surface area contributed by atoms with Gasteiger partial charge in [-0.1, -0.05) is 0 Å². The summed E-state index contributed by atoms with van der Waals surface area (Å²) in [5, 5.41) is 6.85. The van der Waals surface area contributed by atoms with Crippen LogP contribution in [0.1, 0.15) is 36.1 Å². The van der Waals surface area contributed by atoms with Crippen LogP contribution in [0.5, 0.6) is 0 Å². The third-order valence-corrected chi connectivity index (χ3v) is 4.45. The number of rotatable bonds is 2. The van der Waals surface area contributed by atoms with Gasteiger partial charge < -0.3 is 18.9 Å². The number of fused-ring (bicyclic) bond motifs is 1. The number of halogens is 1. The Kier molecular flexibility index (Phi) is 3.51. The molecule has 1 aromatic heterocycles. The monoisotopic (exact) mass is 394 g/mol. The Bertz CT molecular complexity index is 544. The van der Waals surface area contributed by atoms with Gasteiger partial charge in [-0.15, -0.1) is 0 Å². The Hall–Kier alpha value is -0.710. The van der Waals surface area contributed by atoms with Crippen molar-refractivity contribution in [1.82, 2.24) is 10.2 Å². The van der Waals surface area contributed by atoms with Crippen molar-refractivity contribution in [2.45, 2.75) is 37.9 Å². The lowest BCUT2D eigenvalue weighted by atomic mass is 10.1. The van der Waals surface area contributed by atoms with E-state index in [2.05, 4.69) is 37.5 Å². The Balaban J connectivity index is 1.87. The lowest BCUT2D eigenvalue weighted by Gasteiger charge is -2.21. The minimum Gasteiger partial charge on any atom is -0.464 e. The van der Waals surface area contributed by atoms with Crippen LogP contribution in [0, 0.1) is 3.57 Å². The average molecular weight is 394 g/mol. The van der Waals surface area contributed by atoms with Crippen molar-refractivity contribution in [3.63, 3.8) is 0 Å². The highest BCUT2D eigenvalue weighted by atomic mass is 127. The van der Waals surface area contributed by atoms with Crippen molar-refractivity contribution in [3.8, 4) is 0 Å². The molecule has 0 amide bonds. The van der Waals surface area contributed by atoms with E-state index in [1.165, 1.54) is 7.11 Å². The van der Waals surface area contributed by atoms with Gasteiger partial charge in [-0.2, -0.15) is 5.10 Å². The minimum atomic E-state index is -0.617. The summed E-state index contributed by atoms with van der Waals surface area (Å²) in [5.74, 6) is -1.09. The van der Waals surface area contributed by atoms with E-state index in [1.54, 1.807) is 0 Å². The van der Waals surface area contributed by atoms with Crippen molar-refractivity contribution >= 4 is 28.6 Å². The number of methoxy groups -OCH3 is 1. The summed E-state index contributed by atoms with van der Waals surface area (Å²) in [5.41, 5.74) is 0.980. The number of aromatic nitrogens is 2. The Labute approximate surface area is 129 Å². The van der Waals surface area contributed by atoms with E-state index in [1.807, 2.05) is 13.8 Å².